The molecule has 4 heteroatoms. The van der Waals surface area contributed by atoms with Crippen molar-refractivity contribution in [3.63, 3.8) is 0 Å². The second-order valence-corrected chi connectivity index (χ2v) is 6.10. The maximum Gasteiger partial charge on any atom is 0.251 e. The molecule has 0 spiro atoms. The van der Waals surface area contributed by atoms with Crippen LogP contribution in [0.1, 0.15) is 37.0 Å². The topological polar surface area (TPSA) is 32.3 Å². The number of hydrogen-bond donors (Lipinski definition) is 1. The third-order valence-electron chi connectivity index (χ3n) is 4.23. The van der Waals surface area contributed by atoms with E-state index in [0.29, 0.717) is 18.0 Å². The summed E-state index contributed by atoms with van der Waals surface area (Å²) in [4.78, 5) is 14.5. The van der Waals surface area contributed by atoms with Crippen molar-refractivity contribution in [2.45, 2.75) is 26.7 Å². The molecule has 3 nitrogen and oxygen atoms in total. The molecule has 1 N–H and O–H groups in total. The zero-order chi connectivity index (χ0) is 15.9. The Balaban J connectivity index is 1.80. The minimum absolute atomic E-state index is 0.123. The Morgan fingerprint density at radius 1 is 1.41 bits per heavy atom. The van der Waals surface area contributed by atoms with Crippen molar-refractivity contribution in [1.82, 2.24) is 10.2 Å². The Kier molecular flexibility index (Phi) is 6.13. The first-order valence-corrected chi connectivity index (χ1v) is 7.96. The van der Waals surface area contributed by atoms with Crippen LogP contribution in [0.4, 0.5) is 4.39 Å². The molecule has 1 aromatic carbocycles. The second-order valence-electron chi connectivity index (χ2n) is 6.10. The van der Waals surface area contributed by atoms with Gasteiger partial charge >= 0.3 is 0 Å². The summed E-state index contributed by atoms with van der Waals surface area (Å²) in [7, 11) is 0. The van der Waals surface area contributed by atoms with Gasteiger partial charge in [-0.3, -0.25) is 9.69 Å². The zero-order valence-electron chi connectivity index (χ0n) is 13.4. The number of rotatable bonds is 5. The maximum absolute atomic E-state index is 12.9. The minimum Gasteiger partial charge on any atom is -0.352 e. The van der Waals surface area contributed by atoms with Crippen molar-refractivity contribution in [2.24, 2.45) is 5.92 Å². The fourth-order valence-corrected chi connectivity index (χ4v) is 2.85. The van der Waals surface area contributed by atoms with Crippen LogP contribution in [0.5, 0.6) is 0 Å². The standard InChI is InChI=1S/C18H25FN2O/c1-3-14(2)12-21-10-4-5-15(13-21)11-20-18(22)16-6-8-17(19)9-7-16/h3,6-9,15H,4-5,10-13H2,1-2H3,(H,20,22)/b14-3+/t15-/m0/s1. The Bertz CT molecular complexity index is 524. The van der Waals surface area contributed by atoms with E-state index in [0.717, 1.165) is 26.1 Å². The van der Waals surface area contributed by atoms with Gasteiger partial charge in [-0.25, -0.2) is 4.39 Å². The molecule has 0 bridgehead atoms. The highest BCUT2D eigenvalue weighted by atomic mass is 19.1. The SMILES string of the molecule is C/C=C(\C)CN1CCC[C@@H](CNC(=O)c2ccc(F)cc2)C1. The summed E-state index contributed by atoms with van der Waals surface area (Å²) in [6.07, 6.45) is 4.48. The van der Waals surface area contributed by atoms with Crippen LogP contribution in [-0.2, 0) is 0 Å². The van der Waals surface area contributed by atoms with Crippen molar-refractivity contribution < 1.29 is 9.18 Å². The summed E-state index contributed by atoms with van der Waals surface area (Å²) in [6.45, 7) is 8.07. The van der Waals surface area contributed by atoms with Gasteiger partial charge in [0.15, 0.2) is 0 Å². The van der Waals surface area contributed by atoms with Gasteiger partial charge in [-0.15, -0.1) is 0 Å². The van der Waals surface area contributed by atoms with Crippen LogP contribution in [0.3, 0.4) is 0 Å². The van der Waals surface area contributed by atoms with Gasteiger partial charge in [-0.1, -0.05) is 11.6 Å². The summed E-state index contributed by atoms with van der Waals surface area (Å²) < 4.78 is 12.9. The molecular formula is C18H25FN2O. The number of nitrogens with zero attached hydrogens (tertiary/aromatic N) is 1. The second kappa shape index (κ2) is 8.08. The third-order valence-corrected chi connectivity index (χ3v) is 4.23. The summed E-state index contributed by atoms with van der Waals surface area (Å²) in [6, 6.07) is 5.68. The molecule has 1 aromatic rings. The molecule has 2 rings (SSSR count). The highest BCUT2D eigenvalue weighted by Crippen LogP contribution is 2.17. The Morgan fingerprint density at radius 2 is 2.14 bits per heavy atom. The monoisotopic (exact) mass is 304 g/mol. The van der Waals surface area contributed by atoms with Crippen LogP contribution in [-0.4, -0.2) is 37.0 Å². The molecule has 120 valence electrons. The number of likely N-dealkylation sites (tertiary alicyclic amines) is 1. The smallest absolute Gasteiger partial charge is 0.251 e. The number of halogens is 1. The van der Waals surface area contributed by atoms with E-state index < -0.39 is 0 Å². The van der Waals surface area contributed by atoms with Gasteiger partial charge in [0.2, 0.25) is 0 Å². The lowest BCUT2D eigenvalue weighted by Gasteiger charge is -2.33. The average molecular weight is 304 g/mol. The van der Waals surface area contributed by atoms with Crippen molar-refractivity contribution in [3.8, 4) is 0 Å². The van der Waals surface area contributed by atoms with E-state index in [1.165, 1.54) is 36.3 Å². The molecule has 1 amide bonds. The van der Waals surface area contributed by atoms with E-state index in [2.05, 4.69) is 30.1 Å². The number of carbonyl (C=O) groups is 1. The average Bonchev–Trinajstić information content (AvgIpc) is 2.53. The van der Waals surface area contributed by atoms with Gasteiger partial charge in [-0.05, 0) is 63.4 Å². The number of allylic oxidation sites excluding steroid dienone is 1. The fourth-order valence-electron chi connectivity index (χ4n) is 2.85. The highest BCUT2D eigenvalue weighted by molar-refractivity contribution is 5.94. The third kappa shape index (κ3) is 4.95. The van der Waals surface area contributed by atoms with E-state index >= 15 is 0 Å². The van der Waals surface area contributed by atoms with E-state index in [9.17, 15) is 9.18 Å². The largest absolute Gasteiger partial charge is 0.352 e. The Hall–Kier alpha value is -1.68. The minimum atomic E-state index is -0.321. The maximum atomic E-state index is 12.9. The Labute approximate surface area is 132 Å². The highest BCUT2D eigenvalue weighted by Gasteiger charge is 2.20. The van der Waals surface area contributed by atoms with Crippen molar-refractivity contribution in [3.05, 3.63) is 47.3 Å². The molecule has 0 aromatic heterocycles. The van der Waals surface area contributed by atoms with Gasteiger partial charge in [-0.2, -0.15) is 0 Å². The molecule has 0 saturated carbocycles. The molecule has 0 radical (unpaired) electrons. The van der Waals surface area contributed by atoms with Crippen LogP contribution in [0.15, 0.2) is 35.9 Å². The lowest BCUT2D eigenvalue weighted by atomic mass is 9.97. The van der Waals surface area contributed by atoms with E-state index in [4.69, 9.17) is 0 Å². The van der Waals surface area contributed by atoms with Gasteiger partial charge in [0.25, 0.3) is 5.91 Å². The van der Waals surface area contributed by atoms with Gasteiger partial charge in [0.05, 0.1) is 0 Å². The molecule has 1 aliphatic heterocycles. The van der Waals surface area contributed by atoms with Crippen molar-refractivity contribution in [1.29, 1.82) is 0 Å². The molecular weight excluding hydrogens is 279 g/mol. The van der Waals surface area contributed by atoms with Crippen LogP contribution in [0, 0.1) is 11.7 Å². The molecule has 1 aliphatic rings. The summed E-state index contributed by atoms with van der Waals surface area (Å²) in [5.41, 5.74) is 1.90. The predicted molar refractivity (Wildman–Crippen MR) is 87.3 cm³/mol. The first-order valence-electron chi connectivity index (χ1n) is 7.96. The van der Waals surface area contributed by atoms with E-state index in [1.54, 1.807) is 0 Å². The number of nitrogens with one attached hydrogen (secondary N) is 1. The summed E-state index contributed by atoms with van der Waals surface area (Å²) >= 11 is 0. The molecule has 1 atom stereocenters. The Morgan fingerprint density at radius 3 is 2.82 bits per heavy atom. The lowest BCUT2D eigenvalue weighted by Crippen LogP contribution is -2.41. The quantitative estimate of drug-likeness (QED) is 0.847. The molecule has 0 aliphatic carbocycles. The van der Waals surface area contributed by atoms with Crippen molar-refractivity contribution in [2.75, 3.05) is 26.2 Å². The van der Waals surface area contributed by atoms with E-state index in [-0.39, 0.29) is 11.7 Å². The van der Waals surface area contributed by atoms with Crippen LogP contribution >= 0.6 is 0 Å². The van der Waals surface area contributed by atoms with Crippen LogP contribution in [0.25, 0.3) is 0 Å². The number of benzene rings is 1. The lowest BCUT2D eigenvalue weighted by molar-refractivity contribution is 0.0934. The normalized spacial score (nSPS) is 20.0. The number of amides is 1. The fraction of sp³-hybridized carbons (Fsp3) is 0.500. The summed E-state index contributed by atoms with van der Waals surface area (Å²) in [5.74, 6) is 0.0448. The number of piperidine rings is 1. The van der Waals surface area contributed by atoms with E-state index in [1.807, 2.05) is 0 Å². The zero-order valence-corrected chi connectivity index (χ0v) is 13.4. The molecule has 1 heterocycles. The van der Waals surface area contributed by atoms with Gasteiger partial charge in [0, 0.05) is 25.2 Å². The molecule has 0 unspecified atom stereocenters. The number of hydrogen-bond acceptors (Lipinski definition) is 2. The number of carbonyl (C=O) groups excluding carboxylic acids is 1. The van der Waals surface area contributed by atoms with Gasteiger partial charge < -0.3 is 5.32 Å². The van der Waals surface area contributed by atoms with Crippen LogP contribution in [0.2, 0.25) is 0 Å². The van der Waals surface area contributed by atoms with Crippen molar-refractivity contribution >= 4 is 5.91 Å². The molecule has 1 fully saturated rings. The first kappa shape index (κ1) is 16.7. The predicted octanol–water partition coefficient (Wildman–Crippen LogP) is 3.23. The van der Waals surface area contributed by atoms with Crippen LogP contribution < -0.4 is 5.32 Å². The summed E-state index contributed by atoms with van der Waals surface area (Å²) in [5, 5.41) is 2.97. The first-order chi connectivity index (χ1) is 10.6. The molecule has 1 saturated heterocycles. The van der Waals surface area contributed by atoms with Gasteiger partial charge in [0.1, 0.15) is 5.82 Å². The molecule has 22 heavy (non-hydrogen) atoms.